The smallest absolute Gasteiger partial charge is 0.215 e. The molecule has 0 aliphatic heterocycles. The molecule has 0 radical (unpaired) electrons. The highest BCUT2D eigenvalue weighted by molar-refractivity contribution is 7.88. The van der Waals surface area contributed by atoms with Gasteiger partial charge in [-0.3, -0.25) is 4.99 Å². The quantitative estimate of drug-likeness (QED) is 0.432. The third kappa shape index (κ3) is 7.28. The van der Waals surface area contributed by atoms with Crippen LogP contribution in [0.3, 0.4) is 0 Å². The van der Waals surface area contributed by atoms with Crippen molar-refractivity contribution in [1.29, 1.82) is 0 Å². The largest absolute Gasteiger partial charge is 0.356 e. The second-order valence-electron chi connectivity index (χ2n) is 5.96. The van der Waals surface area contributed by atoms with Crippen molar-refractivity contribution in [2.24, 2.45) is 4.99 Å². The second kappa shape index (κ2) is 10.4. The molecule has 0 saturated carbocycles. The number of aliphatic imine (C=N–C) groups is 1. The van der Waals surface area contributed by atoms with Gasteiger partial charge < -0.3 is 10.6 Å². The van der Waals surface area contributed by atoms with E-state index < -0.39 is 10.0 Å². The molecule has 1 aromatic carbocycles. The lowest BCUT2D eigenvalue weighted by Gasteiger charge is -2.12. The van der Waals surface area contributed by atoms with E-state index in [0.717, 1.165) is 41.5 Å². The van der Waals surface area contributed by atoms with Crippen LogP contribution >= 0.6 is 11.3 Å². The standard InChI is InChI=1S/C18H27N5O2S2/c1-4-16-12-22-17(26-16)9-10-21-18(19-2)23-11-14-5-7-15(8-6-14)13-27(24,25)20-3/h5-8,12,20H,4,9-11,13H2,1-3H3,(H2,19,21,23). The number of sulfonamides is 1. The van der Waals surface area contributed by atoms with Gasteiger partial charge in [0.1, 0.15) is 0 Å². The van der Waals surface area contributed by atoms with Gasteiger partial charge in [-0.1, -0.05) is 31.2 Å². The minimum absolute atomic E-state index is 0.0169. The van der Waals surface area contributed by atoms with E-state index in [2.05, 4.69) is 32.3 Å². The first-order valence-corrected chi connectivity index (χ1v) is 11.3. The third-order valence-electron chi connectivity index (χ3n) is 3.96. The summed E-state index contributed by atoms with van der Waals surface area (Å²) in [6.07, 6.45) is 3.83. The molecule has 2 rings (SSSR count). The van der Waals surface area contributed by atoms with Crippen LogP contribution in [0.2, 0.25) is 0 Å². The molecule has 0 bridgehead atoms. The summed E-state index contributed by atoms with van der Waals surface area (Å²) in [6.45, 7) is 3.50. The number of nitrogens with one attached hydrogen (secondary N) is 3. The van der Waals surface area contributed by atoms with Crippen molar-refractivity contribution in [2.45, 2.75) is 32.1 Å². The fourth-order valence-corrected chi connectivity index (χ4v) is 4.00. The Bertz CT molecular complexity index is 845. The molecule has 0 amide bonds. The van der Waals surface area contributed by atoms with Gasteiger partial charge in [-0.15, -0.1) is 11.3 Å². The fourth-order valence-electron chi connectivity index (χ4n) is 2.37. The van der Waals surface area contributed by atoms with Crippen LogP contribution in [0.1, 0.15) is 27.9 Å². The van der Waals surface area contributed by atoms with Crippen LogP contribution in [-0.4, -0.2) is 40.0 Å². The number of hydrogen-bond donors (Lipinski definition) is 3. The van der Waals surface area contributed by atoms with E-state index in [0.29, 0.717) is 6.54 Å². The Labute approximate surface area is 165 Å². The number of thiazole rings is 1. The molecule has 7 nitrogen and oxygen atoms in total. The number of guanidine groups is 1. The summed E-state index contributed by atoms with van der Waals surface area (Å²) in [5.74, 6) is 0.709. The lowest BCUT2D eigenvalue weighted by atomic mass is 10.1. The zero-order valence-electron chi connectivity index (χ0n) is 15.9. The Balaban J connectivity index is 1.78. The van der Waals surface area contributed by atoms with E-state index >= 15 is 0 Å². The van der Waals surface area contributed by atoms with Crippen LogP contribution in [0.25, 0.3) is 0 Å². The first-order valence-electron chi connectivity index (χ1n) is 8.83. The summed E-state index contributed by atoms with van der Waals surface area (Å²) in [5, 5.41) is 7.67. The summed E-state index contributed by atoms with van der Waals surface area (Å²) in [4.78, 5) is 9.94. The minimum atomic E-state index is -3.25. The molecule has 0 aliphatic carbocycles. The molecule has 2 aromatic rings. The van der Waals surface area contributed by atoms with Crippen molar-refractivity contribution in [3.05, 3.63) is 51.5 Å². The number of aromatic nitrogens is 1. The monoisotopic (exact) mass is 409 g/mol. The molecule has 1 aromatic heterocycles. The predicted molar refractivity (Wildman–Crippen MR) is 112 cm³/mol. The molecule has 1 heterocycles. The van der Waals surface area contributed by atoms with Crippen LogP contribution in [0.15, 0.2) is 35.5 Å². The Hall–Kier alpha value is -1.97. The number of nitrogens with zero attached hydrogens (tertiary/aromatic N) is 2. The summed E-state index contributed by atoms with van der Waals surface area (Å²) in [7, 11) is -0.0918. The van der Waals surface area contributed by atoms with Crippen LogP contribution in [-0.2, 0) is 35.2 Å². The Morgan fingerprint density at radius 3 is 2.48 bits per heavy atom. The zero-order chi connectivity index (χ0) is 19.7. The Kier molecular flexibility index (Phi) is 8.21. The number of benzene rings is 1. The first kappa shape index (κ1) is 21.3. The minimum Gasteiger partial charge on any atom is -0.356 e. The lowest BCUT2D eigenvalue weighted by molar-refractivity contribution is 0.587. The molecule has 0 aliphatic rings. The SMILES string of the molecule is CCc1cnc(CCNC(=NC)NCc2ccc(CS(=O)(=O)NC)cc2)s1. The Morgan fingerprint density at radius 2 is 1.89 bits per heavy atom. The van der Waals surface area contributed by atoms with E-state index in [1.165, 1.54) is 11.9 Å². The summed E-state index contributed by atoms with van der Waals surface area (Å²) in [5.41, 5.74) is 1.81. The molecule has 0 fully saturated rings. The van der Waals surface area contributed by atoms with Gasteiger partial charge in [-0.2, -0.15) is 0 Å². The first-order chi connectivity index (χ1) is 13.0. The summed E-state index contributed by atoms with van der Waals surface area (Å²) < 4.78 is 25.5. The van der Waals surface area contributed by atoms with Crippen molar-refractivity contribution in [2.75, 3.05) is 20.6 Å². The maximum Gasteiger partial charge on any atom is 0.215 e. The van der Waals surface area contributed by atoms with Crippen LogP contribution < -0.4 is 15.4 Å². The molecule has 0 unspecified atom stereocenters. The average Bonchev–Trinajstić information content (AvgIpc) is 3.13. The number of rotatable bonds is 9. The van der Waals surface area contributed by atoms with Crippen LogP contribution in [0, 0.1) is 0 Å². The molecule has 148 valence electrons. The molecule has 9 heteroatoms. The van der Waals surface area contributed by atoms with Gasteiger partial charge in [0, 0.05) is 37.6 Å². The van der Waals surface area contributed by atoms with Gasteiger partial charge in [0.05, 0.1) is 10.8 Å². The van der Waals surface area contributed by atoms with E-state index in [1.807, 2.05) is 30.5 Å². The second-order valence-corrected chi connectivity index (χ2v) is 9.08. The molecule has 3 N–H and O–H groups in total. The molecule has 0 atom stereocenters. The van der Waals surface area contributed by atoms with E-state index in [-0.39, 0.29) is 5.75 Å². The van der Waals surface area contributed by atoms with E-state index in [1.54, 1.807) is 18.4 Å². The average molecular weight is 410 g/mol. The van der Waals surface area contributed by atoms with Crippen LogP contribution in [0.4, 0.5) is 0 Å². The lowest BCUT2D eigenvalue weighted by Crippen LogP contribution is -2.37. The van der Waals surface area contributed by atoms with Gasteiger partial charge in [-0.25, -0.2) is 18.1 Å². The molecule has 0 spiro atoms. The van der Waals surface area contributed by atoms with Crippen molar-refractivity contribution < 1.29 is 8.42 Å². The maximum atomic E-state index is 11.6. The number of hydrogen-bond acceptors (Lipinski definition) is 5. The van der Waals surface area contributed by atoms with E-state index in [9.17, 15) is 8.42 Å². The molecule has 0 saturated heterocycles. The third-order valence-corrected chi connectivity index (χ3v) is 6.49. The van der Waals surface area contributed by atoms with Crippen molar-refractivity contribution in [3.8, 4) is 0 Å². The van der Waals surface area contributed by atoms with Crippen molar-refractivity contribution in [3.63, 3.8) is 0 Å². The van der Waals surface area contributed by atoms with Gasteiger partial charge in [0.25, 0.3) is 0 Å². The molecular formula is C18H27N5O2S2. The van der Waals surface area contributed by atoms with Crippen molar-refractivity contribution in [1.82, 2.24) is 20.3 Å². The van der Waals surface area contributed by atoms with Gasteiger partial charge in [0.15, 0.2) is 5.96 Å². The van der Waals surface area contributed by atoms with Crippen LogP contribution in [0.5, 0.6) is 0 Å². The topological polar surface area (TPSA) is 95.5 Å². The normalized spacial score (nSPS) is 12.2. The highest BCUT2D eigenvalue weighted by atomic mass is 32.2. The van der Waals surface area contributed by atoms with E-state index in [4.69, 9.17) is 0 Å². The zero-order valence-corrected chi connectivity index (χ0v) is 17.6. The van der Waals surface area contributed by atoms with Crippen molar-refractivity contribution >= 4 is 27.3 Å². The summed E-state index contributed by atoms with van der Waals surface area (Å²) >= 11 is 1.75. The predicted octanol–water partition coefficient (Wildman–Crippen LogP) is 1.66. The maximum absolute atomic E-state index is 11.6. The Morgan fingerprint density at radius 1 is 1.19 bits per heavy atom. The highest BCUT2D eigenvalue weighted by Gasteiger charge is 2.08. The molecular weight excluding hydrogens is 382 g/mol. The molecule has 27 heavy (non-hydrogen) atoms. The number of aryl methyl sites for hydroxylation is 1. The fraction of sp³-hybridized carbons (Fsp3) is 0.444. The van der Waals surface area contributed by atoms with Gasteiger partial charge in [-0.05, 0) is 24.6 Å². The van der Waals surface area contributed by atoms with Gasteiger partial charge >= 0.3 is 0 Å². The summed E-state index contributed by atoms with van der Waals surface area (Å²) in [6, 6.07) is 7.50. The highest BCUT2D eigenvalue weighted by Crippen LogP contribution is 2.13. The van der Waals surface area contributed by atoms with Gasteiger partial charge in [0.2, 0.25) is 10.0 Å².